The number of aryl methyl sites for hydroxylation is 1. The van der Waals surface area contributed by atoms with Gasteiger partial charge in [-0.3, -0.25) is 0 Å². The Bertz CT molecular complexity index is 546. The maximum atomic E-state index is 10.4. The monoisotopic (exact) mass is 258 g/mol. The average Bonchev–Trinajstić information content (AvgIpc) is 2.46. The normalized spacial score (nSPS) is 12.0. The summed E-state index contributed by atoms with van der Waals surface area (Å²) in [5, 5.41) is 10.4. The van der Waals surface area contributed by atoms with Crippen molar-refractivity contribution >= 4 is 0 Å². The van der Waals surface area contributed by atoms with Crippen LogP contribution in [0, 0.1) is 6.92 Å². The molecular formula is C16H18O3. The third kappa shape index (κ3) is 2.88. The molecule has 0 amide bonds. The second-order valence-electron chi connectivity index (χ2n) is 4.42. The Kier molecular flexibility index (Phi) is 4.07. The van der Waals surface area contributed by atoms with E-state index in [-0.39, 0.29) is 0 Å². The molecule has 0 aliphatic carbocycles. The molecular weight excluding hydrogens is 240 g/mol. The lowest BCUT2D eigenvalue weighted by atomic mass is 9.99. The molecule has 1 atom stereocenters. The molecule has 100 valence electrons. The topological polar surface area (TPSA) is 38.7 Å². The summed E-state index contributed by atoms with van der Waals surface area (Å²) in [5.41, 5.74) is 2.74. The molecule has 2 aromatic rings. The van der Waals surface area contributed by atoms with E-state index in [1.54, 1.807) is 20.3 Å². The number of hydrogen-bond acceptors (Lipinski definition) is 3. The molecule has 0 saturated heterocycles. The molecule has 1 N–H and O–H groups in total. The zero-order valence-electron chi connectivity index (χ0n) is 11.4. The summed E-state index contributed by atoms with van der Waals surface area (Å²) in [4.78, 5) is 0. The molecule has 0 spiro atoms. The fourth-order valence-corrected chi connectivity index (χ4v) is 1.97. The highest BCUT2D eigenvalue weighted by atomic mass is 16.5. The van der Waals surface area contributed by atoms with Crippen molar-refractivity contribution in [1.82, 2.24) is 0 Å². The molecule has 0 saturated carbocycles. The Balaban J connectivity index is 2.37. The van der Waals surface area contributed by atoms with E-state index in [0.29, 0.717) is 11.5 Å². The van der Waals surface area contributed by atoms with Gasteiger partial charge in [0.05, 0.1) is 14.2 Å². The lowest BCUT2D eigenvalue weighted by molar-refractivity contribution is 0.214. The number of aliphatic hydroxyl groups excluding tert-OH is 1. The second kappa shape index (κ2) is 5.76. The molecule has 2 rings (SSSR count). The summed E-state index contributed by atoms with van der Waals surface area (Å²) in [6.45, 7) is 2.02. The van der Waals surface area contributed by atoms with E-state index < -0.39 is 6.10 Å². The first kappa shape index (κ1) is 13.4. The van der Waals surface area contributed by atoms with Gasteiger partial charge in [-0.25, -0.2) is 0 Å². The Morgan fingerprint density at radius 1 is 0.947 bits per heavy atom. The number of methoxy groups -OCH3 is 2. The van der Waals surface area contributed by atoms with Crippen LogP contribution in [0.15, 0.2) is 42.5 Å². The van der Waals surface area contributed by atoms with E-state index in [1.807, 2.05) is 43.3 Å². The summed E-state index contributed by atoms with van der Waals surface area (Å²) < 4.78 is 10.5. The zero-order chi connectivity index (χ0) is 13.8. The second-order valence-corrected chi connectivity index (χ2v) is 4.42. The zero-order valence-corrected chi connectivity index (χ0v) is 11.4. The van der Waals surface area contributed by atoms with Gasteiger partial charge in [0.15, 0.2) is 0 Å². The Morgan fingerprint density at radius 3 is 2.21 bits per heavy atom. The minimum Gasteiger partial charge on any atom is -0.497 e. The Labute approximate surface area is 113 Å². The van der Waals surface area contributed by atoms with Crippen molar-refractivity contribution < 1.29 is 14.6 Å². The van der Waals surface area contributed by atoms with Crippen molar-refractivity contribution in [2.75, 3.05) is 14.2 Å². The van der Waals surface area contributed by atoms with Crippen LogP contribution in [0.1, 0.15) is 22.8 Å². The van der Waals surface area contributed by atoms with Crippen molar-refractivity contribution in [3.05, 3.63) is 59.2 Å². The highest BCUT2D eigenvalue weighted by Gasteiger charge is 2.15. The van der Waals surface area contributed by atoms with Gasteiger partial charge in [0.2, 0.25) is 0 Å². The third-order valence-electron chi connectivity index (χ3n) is 3.13. The first-order chi connectivity index (χ1) is 9.15. The van der Waals surface area contributed by atoms with E-state index in [9.17, 15) is 5.11 Å². The van der Waals surface area contributed by atoms with Gasteiger partial charge in [0.25, 0.3) is 0 Å². The van der Waals surface area contributed by atoms with Crippen molar-refractivity contribution in [3.63, 3.8) is 0 Å². The average molecular weight is 258 g/mol. The number of aliphatic hydroxyl groups is 1. The Hall–Kier alpha value is -2.00. The van der Waals surface area contributed by atoms with Gasteiger partial charge in [0, 0.05) is 11.6 Å². The van der Waals surface area contributed by atoms with Gasteiger partial charge in [0.1, 0.15) is 17.6 Å². The first-order valence-corrected chi connectivity index (χ1v) is 6.12. The molecule has 0 aromatic heterocycles. The predicted molar refractivity (Wildman–Crippen MR) is 74.8 cm³/mol. The molecule has 0 aliphatic rings. The minimum atomic E-state index is -0.707. The van der Waals surface area contributed by atoms with E-state index in [0.717, 1.165) is 16.7 Å². The number of benzene rings is 2. The summed E-state index contributed by atoms with van der Waals surface area (Å²) in [6.07, 6.45) is -0.707. The van der Waals surface area contributed by atoms with Crippen molar-refractivity contribution in [2.45, 2.75) is 13.0 Å². The molecule has 3 nitrogen and oxygen atoms in total. The van der Waals surface area contributed by atoms with Crippen LogP contribution in [0.5, 0.6) is 11.5 Å². The molecule has 0 radical (unpaired) electrons. The largest absolute Gasteiger partial charge is 0.497 e. The predicted octanol–water partition coefficient (Wildman–Crippen LogP) is 3.09. The van der Waals surface area contributed by atoms with Crippen LogP contribution >= 0.6 is 0 Å². The van der Waals surface area contributed by atoms with Crippen LogP contribution in [0.2, 0.25) is 0 Å². The maximum absolute atomic E-state index is 10.4. The van der Waals surface area contributed by atoms with Crippen LogP contribution in [0.25, 0.3) is 0 Å². The molecule has 1 unspecified atom stereocenters. The van der Waals surface area contributed by atoms with Crippen molar-refractivity contribution in [2.24, 2.45) is 0 Å². The summed E-state index contributed by atoms with van der Waals surface area (Å²) in [5.74, 6) is 1.32. The van der Waals surface area contributed by atoms with Crippen LogP contribution < -0.4 is 9.47 Å². The third-order valence-corrected chi connectivity index (χ3v) is 3.13. The van der Waals surface area contributed by atoms with Gasteiger partial charge < -0.3 is 14.6 Å². The fraction of sp³-hybridized carbons (Fsp3) is 0.250. The van der Waals surface area contributed by atoms with Gasteiger partial charge in [-0.05, 0) is 24.6 Å². The van der Waals surface area contributed by atoms with Crippen LogP contribution in [0.4, 0.5) is 0 Å². The molecule has 0 bridgehead atoms. The van der Waals surface area contributed by atoms with Gasteiger partial charge in [-0.1, -0.05) is 29.8 Å². The van der Waals surface area contributed by atoms with Gasteiger partial charge >= 0.3 is 0 Å². The van der Waals surface area contributed by atoms with Gasteiger partial charge in [-0.15, -0.1) is 0 Å². The van der Waals surface area contributed by atoms with E-state index in [1.165, 1.54) is 0 Å². The molecule has 0 heterocycles. The van der Waals surface area contributed by atoms with Gasteiger partial charge in [-0.2, -0.15) is 0 Å². The highest BCUT2D eigenvalue weighted by molar-refractivity contribution is 5.45. The van der Waals surface area contributed by atoms with Crippen molar-refractivity contribution in [3.8, 4) is 11.5 Å². The lowest BCUT2D eigenvalue weighted by Gasteiger charge is -2.16. The van der Waals surface area contributed by atoms with Crippen LogP contribution in [-0.4, -0.2) is 19.3 Å². The SMILES string of the molecule is COc1ccc(C(O)c2ccc(C)cc2)c(OC)c1. The van der Waals surface area contributed by atoms with E-state index in [4.69, 9.17) is 9.47 Å². The molecule has 3 heteroatoms. The lowest BCUT2D eigenvalue weighted by Crippen LogP contribution is -2.02. The maximum Gasteiger partial charge on any atom is 0.128 e. The summed E-state index contributed by atoms with van der Waals surface area (Å²) in [7, 11) is 3.19. The molecule has 0 fully saturated rings. The highest BCUT2D eigenvalue weighted by Crippen LogP contribution is 2.32. The summed E-state index contributed by atoms with van der Waals surface area (Å²) >= 11 is 0. The van der Waals surface area contributed by atoms with Crippen molar-refractivity contribution in [1.29, 1.82) is 0 Å². The number of hydrogen-bond donors (Lipinski definition) is 1. The quantitative estimate of drug-likeness (QED) is 0.915. The molecule has 2 aromatic carbocycles. The minimum absolute atomic E-state index is 0.618. The smallest absolute Gasteiger partial charge is 0.128 e. The summed E-state index contributed by atoms with van der Waals surface area (Å²) in [6, 6.07) is 13.2. The standard InChI is InChI=1S/C16H18O3/c1-11-4-6-12(7-5-11)16(17)14-9-8-13(18-2)10-15(14)19-3/h4-10,16-17H,1-3H3. The van der Waals surface area contributed by atoms with Crippen LogP contribution in [-0.2, 0) is 0 Å². The molecule has 19 heavy (non-hydrogen) atoms. The van der Waals surface area contributed by atoms with E-state index >= 15 is 0 Å². The fourth-order valence-electron chi connectivity index (χ4n) is 1.97. The number of ether oxygens (including phenoxy) is 2. The Morgan fingerprint density at radius 2 is 1.63 bits per heavy atom. The van der Waals surface area contributed by atoms with E-state index in [2.05, 4.69) is 0 Å². The van der Waals surface area contributed by atoms with Crippen LogP contribution in [0.3, 0.4) is 0 Å². The number of rotatable bonds is 4. The molecule has 0 aliphatic heterocycles. The first-order valence-electron chi connectivity index (χ1n) is 6.12.